The summed E-state index contributed by atoms with van der Waals surface area (Å²) in [5.74, 6) is -2.61. The van der Waals surface area contributed by atoms with Crippen LogP contribution in [-0.2, 0) is 11.8 Å². The molecule has 3 aliphatic heterocycles. The highest BCUT2D eigenvalue weighted by Crippen LogP contribution is 2.46. The van der Waals surface area contributed by atoms with E-state index in [1.807, 2.05) is 11.9 Å². The minimum absolute atomic E-state index is 0.0486. The Morgan fingerprint density at radius 3 is 2.75 bits per heavy atom. The van der Waals surface area contributed by atoms with Gasteiger partial charge >= 0.3 is 5.92 Å². The van der Waals surface area contributed by atoms with Crippen molar-refractivity contribution in [3.05, 3.63) is 39.8 Å². The summed E-state index contributed by atoms with van der Waals surface area (Å²) < 4.78 is 36.8. The summed E-state index contributed by atoms with van der Waals surface area (Å²) in [4.78, 5) is 38.6. The number of pyridine rings is 1. The van der Waals surface area contributed by atoms with E-state index >= 15 is 0 Å². The molecule has 3 aromatic rings. The predicted octanol–water partition coefficient (Wildman–Crippen LogP) is 3.75. The number of halogens is 3. The van der Waals surface area contributed by atoms with Crippen LogP contribution in [0.1, 0.15) is 25.7 Å². The number of alkyl halides is 2. The highest BCUT2D eigenvalue weighted by molar-refractivity contribution is 6.33. The predicted molar refractivity (Wildman–Crippen MR) is 147 cm³/mol. The van der Waals surface area contributed by atoms with Crippen molar-refractivity contribution in [2.75, 3.05) is 35.7 Å². The van der Waals surface area contributed by atoms with Gasteiger partial charge in [-0.1, -0.05) is 11.6 Å². The van der Waals surface area contributed by atoms with Crippen LogP contribution in [0.4, 0.5) is 31.9 Å². The molecular weight excluding hydrogens is 544 g/mol. The van der Waals surface area contributed by atoms with Gasteiger partial charge < -0.3 is 29.7 Å². The van der Waals surface area contributed by atoms with Gasteiger partial charge in [0.2, 0.25) is 17.6 Å². The number of likely N-dealkylation sites (N-methyl/N-ethyl adjacent to an activating group) is 1. The Hall–Kier alpha value is -3.67. The fraction of sp³-hybridized carbons (Fsp3) is 0.481. The van der Waals surface area contributed by atoms with Crippen LogP contribution in [-0.4, -0.2) is 69.6 Å². The molecule has 2 saturated heterocycles. The minimum Gasteiger partial charge on any atom is -0.480 e. The number of aryl methyl sites for hydroxylation is 1. The number of rotatable bonds is 4. The molecule has 1 saturated carbocycles. The number of benzene rings is 1. The van der Waals surface area contributed by atoms with Crippen molar-refractivity contribution >= 4 is 51.6 Å². The van der Waals surface area contributed by atoms with E-state index in [0.717, 1.165) is 12.8 Å². The molecule has 40 heavy (non-hydrogen) atoms. The van der Waals surface area contributed by atoms with Crippen molar-refractivity contribution in [1.29, 1.82) is 0 Å². The molecular formula is C27H28ClF2N7O3. The van der Waals surface area contributed by atoms with E-state index in [0.29, 0.717) is 47.7 Å². The third kappa shape index (κ3) is 3.94. The molecule has 3 atom stereocenters. The molecule has 7 rings (SSSR count). The Morgan fingerprint density at radius 2 is 1.98 bits per heavy atom. The van der Waals surface area contributed by atoms with Crippen LogP contribution in [0, 0.1) is 5.92 Å². The first kappa shape index (κ1) is 25.3. The minimum atomic E-state index is -3.12. The van der Waals surface area contributed by atoms with E-state index in [1.165, 1.54) is 10.8 Å². The quantitative estimate of drug-likeness (QED) is 0.488. The van der Waals surface area contributed by atoms with Gasteiger partial charge in [-0.05, 0) is 49.8 Å². The Kier molecular flexibility index (Phi) is 5.64. The summed E-state index contributed by atoms with van der Waals surface area (Å²) in [7, 11) is 3.40. The fourth-order valence-corrected chi connectivity index (χ4v) is 6.40. The number of carbonyl (C=O) groups is 1. The molecule has 1 aliphatic carbocycles. The average Bonchev–Trinajstić information content (AvgIpc) is 3.71. The molecule has 10 nitrogen and oxygen atoms in total. The second kappa shape index (κ2) is 8.92. The lowest BCUT2D eigenvalue weighted by Crippen LogP contribution is -2.56. The third-order valence-corrected chi connectivity index (χ3v) is 8.76. The first-order valence-electron chi connectivity index (χ1n) is 13.4. The standard InChI is InChI=1S/C27H28ClF2N7O3/c1-35-11-15-6-8-19(24(35)38)37(15)26-31-10-17(28)23(34-26)32-14-5-7-18-16(9-14)20-21(25(39)36(18)2)40-12-27(29,30)22(33-20)13-3-4-13/h5,7,9-10,13,15,19,22,33H,3-4,6,8,11-12H2,1-2H3,(H,31,32,34)/t15-,19+,22?/m0/s1. The van der Waals surface area contributed by atoms with E-state index < -0.39 is 24.1 Å². The molecule has 0 radical (unpaired) electrons. The molecule has 2 aromatic heterocycles. The maximum atomic E-state index is 15.0. The molecule has 3 fully saturated rings. The van der Waals surface area contributed by atoms with Gasteiger partial charge in [0, 0.05) is 31.7 Å². The Labute approximate surface area is 233 Å². The van der Waals surface area contributed by atoms with Gasteiger partial charge in [0.25, 0.3) is 5.56 Å². The first-order chi connectivity index (χ1) is 19.1. The number of hydrogen-bond donors (Lipinski definition) is 2. The van der Waals surface area contributed by atoms with Crippen LogP contribution in [0.2, 0.25) is 5.02 Å². The largest absolute Gasteiger partial charge is 0.480 e. The lowest BCUT2D eigenvalue weighted by molar-refractivity contribution is -0.132. The zero-order valence-electron chi connectivity index (χ0n) is 22.0. The lowest BCUT2D eigenvalue weighted by atomic mass is 10.0. The van der Waals surface area contributed by atoms with Crippen molar-refractivity contribution in [1.82, 2.24) is 19.4 Å². The highest BCUT2D eigenvalue weighted by Gasteiger charge is 2.51. The summed E-state index contributed by atoms with van der Waals surface area (Å²) in [6, 6.07) is 3.96. The maximum absolute atomic E-state index is 15.0. The molecule has 0 spiro atoms. The number of anilines is 4. The summed E-state index contributed by atoms with van der Waals surface area (Å²) >= 11 is 6.48. The van der Waals surface area contributed by atoms with E-state index in [9.17, 15) is 18.4 Å². The normalized spacial score (nSPS) is 25.3. The highest BCUT2D eigenvalue weighted by atomic mass is 35.5. The summed E-state index contributed by atoms with van der Waals surface area (Å²) in [5.41, 5.74) is 0.922. The number of fused-ring (bicyclic) bond motifs is 5. The van der Waals surface area contributed by atoms with Crippen LogP contribution in [0.3, 0.4) is 0 Å². The van der Waals surface area contributed by atoms with E-state index in [2.05, 4.69) is 20.6 Å². The number of nitrogens with one attached hydrogen (secondary N) is 2. The van der Waals surface area contributed by atoms with Gasteiger partial charge in [-0.3, -0.25) is 9.59 Å². The molecule has 5 heterocycles. The summed E-state index contributed by atoms with van der Waals surface area (Å²) in [6.07, 6.45) is 4.52. The van der Waals surface area contributed by atoms with Crippen LogP contribution in [0.5, 0.6) is 5.75 Å². The van der Waals surface area contributed by atoms with Gasteiger partial charge in [0.05, 0.1) is 29.5 Å². The monoisotopic (exact) mass is 571 g/mol. The zero-order chi connectivity index (χ0) is 27.9. The lowest BCUT2D eigenvalue weighted by Gasteiger charge is -2.38. The average molecular weight is 572 g/mol. The Balaban J connectivity index is 1.27. The number of likely N-dealkylation sites (tertiary alicyclic amines) is 1. The SMILES string of the molecule is CN1C[C@@H]2CC[C@H](C1=O)N2c1ncc(Cl)c(Nc2ccc3c(c2)c2c(c(=O)n3C)OCC(F)(F)C(C3CC3)N2)n1. The maximum Gasteiger partial charge on any atom is 0.301 e. The van der Waals surface area contributed by atoms with Gasteiger partial charge in [0.15, 0.2) is 12.4 Å². The van der Waals surface area contributed by atoms with Crippen molar-refractivity contribution in [2.45, 2.75) is 49.7 Å². The smallest absolute Gasteiger partial charge is 0.301 e. The molecule has 1 aromatic carbocycles. The second-order valence-corrected chi connectivity index (χ2v) is 11.6. The number of nitrogens with zero attached hydrogens (tertiary/aromatic N) is 5. The van der Waals surface area contributed by atoms with E-state index in [1.54, 1.807) is 30.1 Å². The van der Waals surface area contributed by atoms with Crippen molar-refractivity contribution < 1.29 is 18.3 Å². The fourth-order valence-electron chi connectivity index (χ4n) is 6.26. The number of carbonyl (C=O) groups excluding carboxylic acids is 1. The van der Waals surface area contributed by atoms with Crippen LogP contribution >= 0.6 is 11.6 Å². The molecule has 4 aliphatic rings. The molecule has 1 amide bonds. The number of amides is 1. The molecule has 1 unspecified atom stereocenters. The van der Waals surface area contributed by atoms with E-state index in [4.69, 9.17) is 16.3 Å². The van der Waals surface area contributed by atoms with Crippen LogP contribution < -0.4 is 25.8 Å². The van der Waals surface area contributed by atoms with Crippen LogP contribution in [0.25, 0.3) is 10.9 Å². The number of ether oxygens (including phenoxy) is 1. The van der Waals surface area contributed by atoms with Gasteiger partial charge in [-0.25, -0.2) is 13.8 Å². The zero-order valence-corrected chi connectivity index (χ0v) is 22.7. The molecule has 210 valence electrons. The summed E-state index contributed by atoms with van der Waals surface area (Å²) in [5, 5.41) is 7.05. The number of aromatic nitrogens is 3. The number of piperazine rings is 1. The van der Waals surface area contributed by atoms with Crippen LogP contribution in [0.15, 0.2) is 29.2 Å². The topological polar surface area (TPSA) is 105 Å². The number of hydrogen-bond acceptors (Lipinski definition) is 8. The molecule has 2 bridgehead atoms. The van der Waals surface area contributed by atoms with Gasteiger partial charge in [-0.15, -0.1) is 0 Å². The van der Waals surface area contributed by atoms with Gasteiger partial charge in [-0.2, -0.15) is 4.98 Å². The van der Waals surface area contributed by atoms with E-state index in [-0.39, 0.29) is 40.4 Å². The molecule has 2 N–H and O–H groups in total. The summed E-state index contributed by atoms with van der Waals surface area (Å²) in [6.45, 7) is -0.252. The van der Waals surface area contributed by atoms with Crippen molar-refractivity contribution in [3.8, 4) is 5.75 Å². The van der Waals surface area contributed by atoms with Crippen molar-refractivity contribution in [3.63, 3.8) is 0 Å². The first-order valence-corrected chi connectivity index (χ1v) is 13.8. The Bertz CT molecular complexity index is 1610. The second-order valence-electron chi connectivity index (χ2n) is 11.2. The third-order valence-electron chi connectivity index (χ3n) is 8.48. The van der Waals surface area contributed by atoms with Crippen molar-refractivity contribution in [2.24, 2.45) is 13.0 Å². The van der Waals surface area contributed by atoms with Gasteiger partial charge in [0.1, 0.15) is 11.1 Å². The molecule has 13 heteroatoms. The Morgan fingerprint density at radius 1 is 1.18 bits per heavy atom.